The molecule has 179 valence electrons. The van der Waals surface area contributed by atoms with Gasteiger partial charge in [0.1, 0.15) is 5.01 Å². The van der Waals surface area contributed by atoms with E-state index in [2.05, 4.69) is 94.8 Å². The minimum Gasteiger partial charge on any atom is -0.515 e. The topological polar surface area (TPSA) is 55.2 Å². The van der Waals surface area contributed by atoms with Crippen molar-refractivity contribution in [3.05, 3.63) is 110 Å². The van der Waals surface area contributed by atoms with Gasteiger partial charge in [0.05, 0.1) is 20.4 Å². The second-order valence-corrected chi connectivity index (χ2v) is 12.2. The molecule has 1 radical (unpaired) electrons. The Morgan fingerprint density at radius 2 is 1.22 bits per heavy atom. The molecule has 2 aromatic heterocycles. The first-order chi connectivity index (χ1) is 17.5. The van der Waals surface area contributed by atoms with Gasteiger partial charge in [-0.3, -0.25) is 0 Å². The highest BCUT2D eigenvalue weighted by molar-refractivity contribution is 14.1. The molecular weight excluding hydrogens is 734 g/mol. The summed E-state index contributed by atoms with van der Waals surface area (Å²) in [5, 5.41) is 9.90. The van der Waals surface area contributed by atoms with Crippen molar-refractivity contribution in [1.29, 1.82) is 0 Å². The molecule has 10 heteroatoms. The van der Waals surface area contributed by atoms with Crippen LogP contribution in [0.15, 0.2) is 106 Å². The van der Waals surface area contributed by atoms with Crippen LogP contribution in [-0.4, -0.2) is 22.7 Å². The third-order valence-electron chi connectivity index (χ3n) is 4.62. The molecule has 0 aliphatic heterocycles. The maximum atomic E-state index is 8.36. The number of benzene rings is 4. The minimum absolute atomic E-state index is 0.457. The fraction of sp³-hybridized carbons (Fsp3) is 0. The van der Waals surface area contributed by atoms with E-state index in [-0.39, 0.29) is 0 Å². The standard InChI is InChI=1S/C13H8BrNS.C7H5BNO2S.C6H4BrI/c14-10-7-5-9(6-8-10)13-15-11-3-1-2-4-12(11)16-13;10-8-11-7-9-5-3-1-2-4-6(5)12-7;7-5-1-3-6(8)4-2-5/h1-8H;1-4,10H;1-4H. The predicted octanol–water partition coefficient (Wildman–Crippen LogP) is 8.98. The van der Waals surface area contributed by atoms with Crippen molar-refractivity contribution in [3.8, 4) is 15.8 Å². The van der Waals surface area contributed by atoms with Crippen molar-refractivity contribution < 1.29 is 9.68 Å². The van der Waals surface area contributed by atoms with E-state index >= 15 is 0 Å². The molecular formula is C26H17BBr2IN2O2S2. The summed E-state index contributed by atoms with van der Waals surface area (Å²) in [5.74, 6) is 0. The number of thiazole rings is 2. The summed E-state index contributed by atoms with van der Waals surface area (Å²) < 4.78 is 10.5. The summed E-state index contributed by atoms with van der Waals surface area (Å²) in [6.45, 7) is 0. The second-order valence-electron chi connectivity index (χ2n) is 7.10. The summed E-state index contributed by atoms with van der Waals surface area (Å²) in [6.07, 6.45) is 0. The fourth-order valence-electron chi connectivity index (χ4n) is 2.96. The number of para-hydroxylation sites is 2. The van der Waals surface area contributed by atoms with Gasteiger partial charge < -0.3 is 9.68 Å². The van der Waals surface area contributed by atoms with Crippen LogP contribution >= 0.6 is 77.1 Å². The van der Waals surface area contributed by atoms with Crippen LogP contribution in [0.5, 0.6) is 5.19 Å². The van der Waals surface area contributed by atoms with E-state index in [9.17, 15) is 0 Å². The van der Waals surface area contributed by atoms with E-state index in [4.69, 9.17) is 9.68 Å². The molecule has 6 rings (SSSR count). The highest BCUT2D eigenvalue weighted by Gasteiger charge is 2.05. The molecule has 1 N–H and O–H groups in total. The Labute approximate surface area is 248 Å². The zero-order valence-corrected chi connectivity index (χ0v) is 25.5. The van der Waals surface area contributed by atoms with E-state index in [1.807, 2.05) is 66.7 Å². The van der Waals surface area contributed by atoms with Gasteiger partial charge >= 0.3 is 7.69 Å². The highest BCUT2D eigenvalue weighted by atomic mass is 127. The molecule has 0 aliphatic carbocycles. The monoisotopic (exact) mass is 749 g/mol. The van der Waals surface area contributed by atoms with Gasteiger partial charge in [-0.1, -0.05) is 79.6 Å². The number of hydrogen-bond donors (Lipinski definition) is 1. The Kier molecular flexibility index (Phi) is 10.3. The Hall–Kier alpha value is -1.83. The Bertz CT molecular complexity index is 1460. The molecule has 0 saturated heterocycles. The first kappa shape index (κ1) is 27.2. The molecule has 0 bridgehead atoms. The lowest BCUT2D eigenvalue weighted by Crippen LogP contribution is -1.98. The van der Waals surface area contributed by atoms with Crippen LogP contribution < -0.4 is 4.65 Å². The van der Waals surface area contributed by atoms with Crippen LogP contribution in [-0.2, 0) is 0 Å². The van der Waals surface area contributed by atoms with Crippen LogP contribution in [0.2, 0.25) is 0 Å². The molecule has 0 spiro atoms. The molecule has 0 fully saturated rings. The number of aromatic nitrogens is 2. The van der Waals surface area contributed by atoms with E-state index < -0.39 is 0 Å². The smallest absolute Gasteiger partial charge is 0.515 e. The number of rotatable bonds is 3. The Balaban J connectivity index is 0.000000135. The summed E-state index contributed by atoms with van der Waals surface area (Å²) in [5.41, 5.74) is 3.13. The third kappa shape index (κ3) is 7.84. The lowest BCUT2D eigenvalue weighted by atomic mass is 10.2. The fourth-order valence-corrected chi connectivity index (χ4v) is 5.61. The molecule has 0 unspecified atom stereocenters. The maximum Gasteiger partial charge on any atom is 0.571 e. The van der Waals surface area contributed by atoms with Gasteiger partial charge in [-0.2, -0.15) is 0 Å². The average molecular weight is 751 g/mol. The average Bonchev–Trinajstić information content (AvgIpc) is 3.51. The zero-order chi connectivity index (χ0) is 25.3. The first-order valence-corrected chi connectivity index (χ1v) is 14.8. The van der Waals surface area contributed by atoms with E-state index in [1.165, 1.54) is 25.2 Å². The minimum atomic E-state index is 0.457. The lowest BCUT2D eigenvalue weighted by Gasteiger charge is -1.94. The van der Waals surface area contributed by atoms with Crippen LogP contribution in [0.4, 0.5) is 0 Å². The molecule has 4 aromatic carbocycles. The van der Waals surface area contributed by atoms with Crippen LogP contribution in [0.1, 0.15) is 0 Å². The van der Waals surface area contributed by atoms with Gasteiger partial charge in [0.25, 0.3) is 5.19 Å². The van der Waals surface area contributed by atoms with E-state index in [1.54, 1.807) is 11.3 Å². The molecule has 0 amide bonds. The van der Waals surface area contributed by atoms with Crippen LogP contribution in [0, 0.1) is 3.57 Å². The van der Waals surface area contributed by atoms with Gasteiger partial charge in [0.2, 0.25) is 0 Å². The Morgan fingerprint density at radius 3 is 1.75 bits per heavy atom. The van der Waals surface area contributed by atoms with Gasteiger partial charge in [0.15, 0.2) is 0 Å². The van der Waals surface area contributed by atoms with Gasteiger partial charge in [-0.05, 0) is 83.3 Å². The van der Waals surface area contributed by atoms with E-state index in [0.29, 0.717) is 12.9 Å². The highest BCUT2D eigenvalue weighted by Crippen LogP contribution is 2.30. The van der Waals surface area contributed by atoms with Crippen molar-refractivity contribution in [2.45, 2.75) is 0 Å². The second kappa shape index (κ2) is 13.6. The number of fused-ring (bicyclic) bond motifs is 2. The van der Waals surface area contributed by atoms with Crippen LogP contribution in [0.3, 0.4) is 0 Å². The number of hydrogen-bond acceptors (Lipinski definition) is 6. The lowest BCUT2D eigenvalue weighted by molar-refractivity contribution is 0.452. The maximum absolute atomic E-state index is 8.36. The SMILES string of the molecule is Brc1ccc(-c2nc3ccccc3s2)cc1.Brc1ccc(I)cc1.O[B]Oc1nc2ccccc2s1. The summed E-state index contributed by atoms with van der Waals surface area (Å²) in [7, 11) is 0.637. The van der Waals surface area contributed by atoms with Gasteiger partial charge in [-0.15, -0.1) is 11.3 Å². The molecule has 0 atom stereocenters. The summed E-state index contributed by atoms with van der Waals surface area (Å²) >= 11 is 12.2. The molecule has 36 heavy (non-hydrogen) atoms. The van der Waals surface area contributed by atoms with Crippen LogP contribution in [0.25, 0.3) is 31.0 Å². The molecule has 0 saturated carbocycles. The number of halogens is 3. The predicted molar refractivity (Wildman–Crippen MR) is 168 cm³/mol. The normalized spacial score (nSPS) is 10.2. The van der Waals surface area contributed by atoms with E-state index in [0.717, 1.165) is 29.7 Å². The molecule has 2 heterocycles. The summed E-state index contributed by atoms with van der Waals surface area (Å²) in [6, 6.07) is 32.4. The van der Waals surface area contributed by atoms with Crippen molar-refractivity contribution in [2.24, 2.45) is 0 Å². The molecule has 0 aliphatic rings. The molecule has 6 aromatic rings. The van der Waals surface area contributed by atoms with Crippen molar-refractivity contribution in [1.82, 2.24) is 9.97 Å². The first-order valence-electron chi connectivity index (χ1n) is 10.5. The van der Waals surface area contributed by atoms with Crippen molar-refractivity contribution in [3.63, 3.8) is 0 Å². The number of nitrogens with zero attached hydrogens (tertiary/aromatic N) is 2. The largest absolute Gasteiger partial charge is 0.571 e. The van der Waals surface area contributed by atoms with Crippen molar-refractivity contribution >= 4 is 105 Å². The molecule has 4 nitrogen and oxygen atoms in total. The third-order valence-corrected chi connectivity index (χ3v) is 8.41. The van der Waals surface area contributed by atoms with Gasteiger partial charge in [-0.25, -0.2) is 9.97 Å². The van der Waals surface area contributed by atoms with Gasteiger partial charge in [0, 0.05) is 18.1 Å². The summed E-state index contributed by atoms with van der Waals surface area (Å²) in [4.78, 5) is 8.72. The van der Waals surface area contributed by atoms with Crippen molar-refractivity contribution in [2.75, 3.05) is 0 Å². The quantitative estimate of drug-likeness (QED) is 0.145. The zero-order valence-electron chi connectivity index (χ0n) is 18.5. The Morgan fingerprint density at radius 1 is 0.694 bits per heavy atom.